The lowest BCUT2D eigenvalue weighted by molar-refractivity contribution is -0.128. The zero-order valence-electron chi connectivity index (χ0n) is 14.1. The van der Waals surface area contributed by atoms with Gasteiger partial charge in [0.2, 0.25) is 11.7 Å². The van der Waals surface area contributed by atoms with Crippen LogP contribution in [0.25, 0.3) is 0 Å². The van der Waals surface area contributed by atoms with Crippen LogP contribution in [0.3, 0.4) is 0 Å². The van der Waals surface area contributed by atoms with Crippen molar-refractivity contribution >= 4 is 24.0 Å². The second-order valence-corrected chi connectivity index (χ2v) is 6.19. The number of aromatic nitrogens is 2. The maximum absolute atomic E-state index is 12.1. The number of ether oxygens (including phenoxy) is 2. The van der Waals surface area contributed by atoms with Gasteiger partial charge >= 0.3 is 0 Å². The number of hydrogen-bond acceptors (Lipinski definition) is 7. The molecule has 1 saturated carbocycles. The molecule has 1 unspecified atom stereocenters. The van der Waals surface area contributed by atoms with E-state index in [1.807, 2.05) is 0 Å². The molecule has 0 bridgehead atoms. The molecule has 2 heterocycles. The summed E-state index contributed by atoms with van der Waals surface area (Å²) in [6.45, 7) is 2.10. The maximum Gasteiger partial charge on any atom is 0.254 e. The molecule has 4 rings (SSSR count). The highest BCUT2D eigenvalue weighted by Crippen LogP contribution is 2.38. The molecule has 0 radical (unpaired) electrons. The molecule has 1 aliphatic heterocycles. The predicted octanol–water partition coefficient (Wildman–Crippen LogP) is 1.87. The molecule has 1 saturated heterocycles. The lowest BCUT2D eigenvalue weighted by Crippen LogP contribution is -2.45. The van der Waals surface area contributed by atoms with Crippen molar-refractivity contribution in [2.75, 3.05) is 25.0 Å². The largest absolute Gasteiger partial charge is 0.485 e. The van der Waals surface area contributed by atoms with Crippen LogP contribution in [0.15, 0.2) is 28.8 Å². The first-order valence-electron chi connectivity index (χ1n) is 8.46. The van der Waals surface area contributed by atoms with Crippen LogP contribution >= 0.6 is 12.4 Å². The number of hydrogen-bond donors (Lipinski definition) is 2. The van der Waals surface area contributed by atoms with E-state index >= 15 is 0 Å². The van der Waals surface area contributed by atoms with Gasteiger partial charge in [0.25, 0.3) is 5.91 Å². The number of halogens is 1. The Bertz CT molecular complexity index is 727. The third-order valence-corrected chi connectivity index (χ3v) is 4.12. The van der Waals surface area contributed by atoms with E-state index in [2.05, 4.69) is 20.8 Å². The van der Waals surface area contributed by atoms with Gasteiger partial charge in [-0.1, -0.05) is 5.16 Å². The van der Waals surface area contributed by atoms with Gasteiger partial charge in [0.15, 0.2) is 6.61 Å². The van der Waals surface area contributed by atoms with Crippen molar-refractivity contribution in [3.8, 4) is 5.75 Å². The summed E-state index contributed by atoms with van der Waals surface area (Å²) in [5, 5.41) is 9.88. The van der Waals surface area contributed by atoms with Gasteiger partial charge in [-0.15, -0.1) is 12.4 Å². The van der Waals surface area contributed by atoms with Crippen LogP contribution in [0.5, 0.6) is 5.75 Å². The van der Waals surface area contributed by atoms with E-state index in [0.717, 1.165) is 19.4 Å². The first-order valence-corrected chi connectivity index (χ1v) is 8.46. The molecule has 140 valence electrons. The maximum atomic E-state index is 12.1. The monoisotopic (exact) mass is 380 g/mol. The SMILES string of the molecule is Cl.O=C(Nc1ccc(OCc2noc(C3CC3)n2)cc1)C1CNCCO1. The van der Waals surface area contributed by atoms with E-state index in [4.69, 9.17) is 14.0 Å². The molecule has 8 nitrogen and oxygen atoms in total. The zero-order chi connectivity index (χ0) is 17.1. The minimum absolute atomic E-state index is 0. The van der Waals surface area contributed by atoms with Crippen molar-refractivity contribution in [3.05, 3.63) is 36.0 Å². The fourth-order valence-electron chi connectivity index (χ4n) is 2.56. The molecule has 1 aromatic heterocycles. The highest BCUT2D eigenvalue weighted by molar-refractivity contribution is 5.94. The van der Waals surface area contributed by atoms with Gasteiger partial charge in [0.1, 0.15) is 11.9 Å². The van der Waals surface area contributed by atoms with Crippen LogP contribution in [0.2, 0.25) is 0 Å². The average molecular weight is 381 g/mol. The first-order chi connectivity index (χ1) is 12.3. The molecule has 2 aliphatic rings. The molecule has 26 heavy (non-hydrogen) atoms. The molecule has 1 amide bonds. The summed E-state index contributed by atoms with van der Waals surface area (Å²) in [5.74, 6) is 2.21. The standard InChI is InChI=1S/C17H20N4O4.ClH/c22-16(14-9-18-7-8-23-14)19-12-3-5-13(6-4-12)24-10-15-20-17(25-21-15)11-1-2-11;/h3-6,11,14,18H,1-2,7-10H2,(H,19,22);1H. The van der Waals surface area contributed by atoms with Gasteiger partial charge < -0.3 is 24.6 Å². The summed E-state index contributed by atoms with van der Waals surface area (Å²) in [7, 11) is 0. The fourth-order valence-corrected chi connectivity index (χ4v) is 2.56. The van der Waals surface area contributed by atoms with Gasteiger partial charge in [-0.3, -0.25) is 4.79 Å². The third-order valence-electron chi connectivity index (χ3n) is 4.12. The number of nitrogens with zero attached hydrogens (tertiary/aromatic N) is 2. The van der Waals surface area contributed by atoms with Crippen molar-refractivity contribution < 1.29 is 18.8 Å². The number of carbonyl (C=O) groups is 1. The van der Waals surface area contributed by atoms with Gasteiger partial charge in [-0.2, -0.15) is 4.98 Å². The Morgan fingerprint density at radius 1 is 1.31 bits per heavy atom. The predicted molar refractivity (Wildman–Crippen MR) is 95.5 cm³/mol. The number of amides is 1. The summed E-state index contributed by atoms with van der Waals surface area (Å²) in [6.07, 6.45) is 1.79. The molecule has 1 aromatic carbocycles. The Kier molecular flexibility index (Phi) is 6.08. The number of carbonyl (C=O) groups excluding carboxylic acids is 1. The molecule has 2 fully saturated rings. The van der Waals surface area contributed by atoms with Crippen molar-refractivity contribution in [2.45, 2.75) is 31.5 Å². The molecule has 9 heteroatoms. The topological polar surface area (TPSA) is 98.5 Å². The van der Waals surface area contributed by atoms with Crippen molar-refractivity contribution in [1.82, 2.24) is 15.5 Å². The molecular formula is C17H21ClN4O4. The Morgan fingerprint density at radius 2 is 2.12 bits per heavy atom. The highest BCUT2D eigenvalue weighted by atomic mass is 35.5. The molecule has 0 spiro atoms. The number of morpholine rings is 1. The Morgan fingerprint density at radius 3 is 2.81 bits per heavy atom. The number of nitrogens with one attached hydrogen (secondary N) is 2. The third kappa shape index (κ3) is 4.72. The molecule has 2 aromatic rings. The first kappa shape index (κ1) is 18.6. The van der Waals surface area contributed by atoms with E-state index in [-0.39, 0.29) is 24.9 Å². The Labute approximate surface area is 157 Å². The molecule has 1 atom stereocenters. The molecule has 1 aliphatic carbocycles. The highest BCUT2D eigenvalue weighted by Gasteiger charge is 2.29. The van der Waals surface area contributed by atoms with Crippen molar-refractivity contribution in [1.29, 1.82) is 0 Å². The lowest BCUT2D eigenvalue weighted by Gasteiger charge is -2.22. The van der Waals surface area contributed by atoms with Crippen molar-refractivity contribution in [2.24, 2.45) is 0 Å². The Balaban J connectivity index is 0.00000196. The van der Waals surface area contributed by atoms with Crippen LogP contribution in [0.4, 0.5) is 5.69 Å². The fraction of sp³-hybridized carbons (Fsp3) is 0.471. The van der Waals surface area contributed by atoms with Gasteiger partial charge in [0, 0.05) is 24.7 Å². The second-order valence-electron chi connectivity index (χ2n) is 6.19. The van der Waals surface area contributed by atoms with Crippen LogP contribution in [0.1, 0.15) is 30.5 Å². The van der Waals surface area contributed by atoms with Crippen LogP contribution in [0, 0.1) is 0 Å². The van der Waals surface area contributed by atoms with Gasteiger partial charge in [0.05, 0.1) is 6.61 Å². The van der Waals surface area contributed by atoms with Gasteiger partial charge in [-0.25, -0.2) is 0 Å². The zero-order valence-corrected chi connectivity index (χ0v) is 15.0. The quantitative estimate of drug-likeness (QED) is 0.789. The lowest BCUT2D eigenvalue weighted by atomic mass is 10.2. The number of benzene rings is 1. The summed E-state index contributed by atoms with van der Waals surface area (Å²) in [5.41, 5.74) is 0.696. The average Bonchev–Trinajstić information content (AvgIpc) is 3.40. The summed E-state index contributed by atoms with van der Waals surface area (Å²) >= 11 is 0. The van der Waals surface area contributed by atoms with E-state index in [0.29, 0.717) is 42.2 Å². The minimum Gasteiger partial charge on any atom is -0.485 e. The van der Waals surface area contributed by atoms with E-state index in [1.165, 1.54) is 0 Å². The minimum atomic E-state index is -0.455. The summed E-state index contributed by atoms with van der Waals surface area (Å²) in [4.78, 5) is 16.4. The smallest absolute Gasteiger partial charge is 0.254 e. The number of rotatable bonds is 6. The van der Waals surface area contributed by atoms with Gasteiger partial charge in [-0.05, 0) is 37.1 Å². The molecule has 2 N–H and O–H groups in total. The summed E-state index contributed by atoms with van der Waals surface area (Å²) in [6, 6.07) is 7.15. The van der Waals surface area contributed by atoms with E-state index in [1.54, 1.807) is 24.3 Å². The second kappa shape index (κ2) is 8.48. The molecular weight excluding hydrogens is 360 g/mol. The van der Waals surface area contributed by atoms with Crippen LogP contribution in [-0.2, 0) is 16.1 Å². The normalized spacial score (nSPS) is 19.5. The van der Waals surface area contributed by atoms with Crippen LogP contribution < -0.4 is 15.4 Å². The van der Waals surface area contributed by atoms with Crippen molar-refractivity contribution in [3.63, 3.8) is 0 Å². The van der Waals surface area contributed by atoms with E-state index < -0.39 is 6.10 Å². The Hall–Kier alpha value is -2.16. The number of anilines is 1. The van der Waals surface area contributed by atoms with Crippen LogP contribution in [-0.4, -0.2) is 41.8 Å². The summed E-state index contributed by atoms with van der Waals surface area (Å²) < 4.78 is 16.3. The van der Waals surface area contributed by atoms with E-state index in [9.17, 15) is 4.79 Å².